The van der Waals surface area contributed by atoms with Crippen LogP contribution in [0.25, 0.3) is 22.0 Å². The molecule has 0 bridgehead atoms. The fourth-order valence-corrected chi connectivity index (χ4v) is 3.44. The van der Waals surface area contributed by atoms with Gasteiger partial charge in [-0.2, -0.15) is 5.10 Å². The van der Waals surface area contributed by atoms with Crippen molar-refractivity contribution in [2.75, 3.05) is 26.2 Å². The van der Waals surface area contributed by atoms with E-state index in [4.69, 9.17) is 4.74 Å². The number of fused-ring (bicyclic) bond motifs is 1. The molecule has 1 aliphatic heterocycles. The van der Waals surface area contributed by atoms with Gasteiger partial charge in [0.25, 0.3) is 0 Å². The molecule has 1 aliphatic rings. The molecule has 0 saturated carbocycles. The number of carbonyl (C=O) groups is 1. The predicted molar refractivity (Wildman–Crippen MR) is 102 cm³/mol. The van der Waals surface area contributed by atoms with Crippen LogP contribution < -0.4 is 0 Å². The fraction of sp³-hybridized carbons (Fsp3) is 0.400. The van der Waals surface area contributed by atoms with Crippen LogP contribution >= 0.6 is 0 Å². The Labute approximate surface area is 158 Å². The smallest absolute Gasteiger partial charge is 0.152 e. The molecule has 0 spiro atoms. The minimum atomic E-state index is 0.173. The highest BCUT2D eigenvalue weighted by Gasteiger charge is 2.19. The lowest BCUT2D eigenvalue weighted by molar-refractivity contribution is -0.121. The summed E-state index contributed by atoms with van der Waals surface area (Å²) in [6.07, 6.45) is 7.85. The predicted octanol–water partition coefficient (Wildman–Crippen LogP) is 1.86. The quantitative estimate of drug-likeness (QED) is 0.687. The molecular weight excluding hydrogens is 342 g/mol. The van der Waals surface area contributed by atoms with E-state index in [-0.39, 0.29) is 11.9 Å². The topological polar surface area (TPSA) is 73.1 Å². The summed E-state index contributed by atoms with van der Waals surface area (Å²) in [6.45, 7) is 4.77. The maximum Gasteiger partial charge on any atom is 0.152 e. The van der Waals surface area contributed by atoms with Crippen molar-refractivity contribution in [1.29, 1.82) is 0 Å². The number of aromatic nitrogens is 4. The van der Waals surface area contributed by atoms with Crippen LogP contribution in [-0.2, 0) is 23.0 Å². The molecule has 1 atom stereocenters. The van der Waals surface area contributed by atoms with Gasteiger partial charge < -0.3 is 4.74 Å². The number of nitrogens with zero attached hydrogens (tertiary/aromatic N) is 5. The first-order valence-corrected chi connectivity index (χ1v) is 9.16. The highest BCUT2D eigenvalue weighted by Crippen LogP contribution is 2.22. The monoisotopic (exact) mass is 365 g/mol. The Morgan fingerprint density at radius 1 is 1.22 bits per heavy atom. The van der Waals surface area contributed by atoms with Crippen LogP contribution in [0.15, 0.2) is 36.9 Å². The van der Waals surface area contributed by atoms with E-state index >= 15 is 0 Å². The molecule has 4 heterocycles. The summed E-state index contributed by atoms with van der Waals surface area (Å²) >= 11 is 0. The Kier molecular flexibility index (Phi) is 4.96. The molecule has 0 amide bonds. The molecule has 4 rings (SSSR count). The average molecular weight is 365 g/mol. The number of ether oxygens (including phenoxy) is 1. The molecule has 1 fully saturated rings. The van der Waals surface area contributed by atoms with Crippen molar-refractivity contribution in [2.24, 2.45) is 7.05 Å². The molecule has 3 aromatic heterocycles. The van der Waals surface area contributed by atoms with Crippen molar-refractivity contribution in [2.45, 2.75) is 19.4 Å². The van der Waals surface area contributed by atoms with E-state index in [0.717, 1.165) is 40.8 Å². The molecule has 0 unspecified atom stereocenters. The van der Waals surface area contributed by atoms with Crippen molar-refractivity contribution in [1.82, 2.24) is 24.6 Å². The van der Waals surface area contributed by atoms with E-state index in [9.17, 15) is 4.79 Å². The highest BCUT2D eigenvalue weighted by molar-refractivity contribution is 5.86. The minimum absolute atomic E-state index is 0.173. The van der Waals surface area contributed by atoms with Crippen LogP contribution in [0.5, 0.6) is 0 Å². The van der Waals surface area contributed by atoms with Gasteiger partial charge in [0.15, 0.2) is 5.78 Å². The van der Waals surface area contributed by atoms with Gasteiger partial charge in [0, 0.05) is 54.7 Å². The molecule has 7 nitrogen and oxygen atoms in total. The zero-order chi connectivity index (χ0) is 18.8. The third-order valence-corrected chi connectivity index (χ3v) is 4.77. The van der Waals surface area contributed by atoms with Gasteiger partial charge in [-0.3, -0.25) is 24.3 Å². The van der Waals surface area contributed by atoms with E-state index in [1.807, 2.05) is 38.6 Å². The van der Waals surface area contributed by atoms with Crippen molar-refractivity contribution >= 4 is 16.7 Å². The van der Waals surface area contributed by atoms with Gasteiger partial charge in [0.1, 0.15) is 0 Å². The number of morpholine rings is 1. The van der Waals surface area contributed by atoms with Crippen LogP contribution in [0, 0.1) is 0 Å². The second kappa shape index (κ2) is 7.54. The van der Waals surface area contributed by atoms with Gasteiger partial charge in [-0.25, -0.2) is 0 Å². The van der Waals surface area contributed by atoms with Crippen molar-refractivity contribution in [3.8, 4) is 11.1 Å². The zero-order valence-electron chi connectivity index (χ0n) is 15.6. The van der Waals surface area contributed by atoms with Crippen LogP contribution in [0.4, 0.5) is 0 Å². The second-order valence-electron chi connectivity index (χ2n) is 7.13. The van der Waals surface area contributed by atoms with E-state index < -0.39 is 0 Å². The summed E-state index contributed by atoms with van der Waals surface area (Å²) in [7, 11) is 1.89. The number of ketones is 1. The van der Waals surface area contributed by atoms with Crippen LogP contribution in [0.3, 0.4) is 0 Å². The molecule has 0 aliphatic carbocycles. The maximum atomic E-state index is 12.5. The minimum Gasteiger partial charge on any atom is -0.376 e. The molecule has 7 heteroatoms. The van der Waals surface area contributed by atoms with Gasteiger partial charge in [-0.05, 0) is 19.1 Å². The third kappa shape index (κ3) is 4.20. The summed E-state index contributed by atoms with van der Waals surface area (Å²) in [4.78, 5) is 23.5. The van der Waals surface area contributed by atoms with Crippen molar-refractivity contribution < 1.29 is 9.53 Å². The number of Topliss-reactive ketones (excluding diaryl/α,β-unsaturated/α-hetero) is 1. The fourth-order valence-electron chi connectivity index (χ4n) is 3.44. The van der Waals surface area contributed by atoms with Crippen LogP contribution in [-0.4, -0.2) is 62.8 Å². The molecule has 0 aromatic carbocycles. The molecular formula is C20H23N5O2. The lowest BCUT2D eigenvalue weighted by atomic mass is 10.1. The maximum absolute atomic E-state index is 12.5. The number of rotatable bonds is 5. The first-order valence-electron chi connectivity index (χ1n) is 9.16. The van der Waals surface area contributed by atoms with Crippen LogP contribution in [0.2, 0.25) is 0 Å². The normalized spacial score (nSPS) is 18.1. The molecule has 140 valence electrons. The molecule has 27 heavy (non-hydrogen) atoms. The molecule has 1 saturated heterocycles. The number of pyridine rings is 2. The Morgan fingerprint density at radius 2 is 2.11 bits per heavy atom. The van der Waals surface area contributed by atoms with Crippen molar-refractivity contribution in [3.05, 3.63) is 42.6 Å². The third-order valence-electron chi connectivity index (χ3n) is 4.77. The number of carbonyl (C=O) groups excluding carboxylic acids is 1. The van der Waals surface area contributed by atoms with Crippen molar-refractivity contribution in [3.63, 3.8) is 0 Å². The first-order chi connectivity index (χ1) is 13.1. The van der Waals surface area contributed by atoms with Crippen LogP contribution in [0.1, 0.15) is 12.6 Å². The zero-order valence-corrected chi connectivity index (χ0v) is 15.6. The SMILES string of the molecule is C[C@H]1CN(CC(=O)Cc2cc3cc(-c4cnn(C)c4)cnc3cn2)CCO1. The Morgan fingerprint density at radius 3 is 2.89 bits per heavy atom. The van der Waals surface area contributed by atoms with Gasteiger partial charge in [0.2, 0.25) is 0 Å². The summed E-state index contributed by atoms with van der Waals surface area (Å²) < 4.78 is 7.29. The number of hydrogen-bond donors (Lipinski definition) is 0. The second-order valence-corrected chi connectivity index (χ2v) is 7.13. The van der Waals surface area contributed by atoms with Gasteiger partial charge in [-0.15, -0.1) is 0 Å². The Balaban J connectivity index is 1.49. The van der Waals surface area contributed by atoms with Gasteiger partial charge >= 0.3 is 0 Å². The summed E-state index contributed by atoms with van der Waals surface area (Å²) in [6, 6.07) is 4.03. The summed E-state index contributed by atoms with van der Waals surface area (Å²) in [5.74, 6) is 0.173. The van der Waals surface area contributed by atoms with E-state index in [2.05, 4.69) is 26.0 Å². The average Bonchev–Trinajstić information content (AvgIpc) is 3.07. The molecule has 0 radical (unpaired) electrons. The Bertz CT molecular complexity index is 968. The highest BCUT2D eigenvalue weighted by atomic mass is 16.5. The standard InChI is InChI=1S/C20H23N5O2/c1-14-11-25(3-4-27-14)13-19(26)7-18-6-15-5-16(8-22-20(15)10-21-18)17-9-23-24(2)12-17/h5-6,8-10,12,14H,3-4,7,11,13H2,1-2H3/t14-/m0/s1. The van der Waals surface area contributed by atoms with Gasteiger partial charge in [0.05, 0.1) is 43.6 Å². The number of aryl methyl sites for hydroxylation is 1. The number of hydrogen-bond acceptors (Lipinski definition) is 6. The summed E-state index contributed by atoms with van der Waals surface area (Å²) in [5, 5.41) is 5.19. The van der Waals surface area contributed by atoms with E-state index in [1.165, 1.54) is 0 Å². The molecule has 0 N–H and O–H groups in total. The van der Waals surface area contributed by atoms with E-state index in [1.54, 1.807) is 10.9 Å². The first kappa shape index (κ1) is 17.8. The largest absolute Gasteiger partial charge is 0.376 e. The van der Waals surface area contributed by atoms with E-state index in [0.29, 0.717) is 19.6 Å². The molecule has 3 aromatic rings. The Hall–Kier alpha value is -2.64. The summed E-state index contributed by atoms with van der Waals surface area (Å²) in [5.41, 5.74) is 3.61. The lowest BCUT2D eigenvalue weighted by Crippen LogP contribution is -2.43. The lowest BCUT2D eigenvalue weighted by Gasteiger charge is -2.30. The van der Waals surface area contributed by atoms with Gasteiger partial charge in [-0.1, -0.05) is 0 Å².